The molecule has 1 amide bonds. The van der Waals surface area contributed by atoms with Gasteiger partial charge in [-0.25, -0.2) is 0 Å². The molecule has 0 aliphatic carbocycles. The minimum absolute atomic E-state index is 0. The van der Waals surface area contributed by atoms with Gasteiger partial charge in [0.1, 0.15) is 0 Å². The average Bonchev–Trinajstić information content (AvgIpc) is 2.40. The zero-order chi connectivity index (χ0) is 15.7. The third-order valence-electron chi connectivity index (χ3n) is 3.73. The fourth-order valence-electron chi connectivity index (χ4n) is 2.56. The van der Waals surface area contributed by atoms with Crippen LogP contribution in [0.25, 0.3) is 0 Å². The van der Waals surface area contributed by atoms with Crippen molar-refractivity contribution in [3.8, 4) is 0 Å². The molecule has 0 bridgehead atoms. The second-order valence-electron chi connectivity index (χ2n) is 5.79. The molecule has 0 aromatic heterocycles. The molecule has 23 heavy (non-hydrogen) atoms. The maximum atomic E-state index is 12.1. The van der Waals surface area contributed by atoms with Crippen molar-refractivity contribution in [1.82, 2.24) is 15.5 Å². The summed E-state index contributed by atoms with van der Waals surface area (Å²) in [6.45, 7) is 1.91. The van der Waals surface area contributed by atoms with Gasteiger partial charge >= 0.3 is 6.18 Å². The van der Waals surface area contributed by atoms with Gasteiger partial charge in [0.25, 0.3) is 0 Å². The highest BCUT2D eigenvalue weighted by Gasteiger charge is 2.28. The Morgan fingerprint density at radius 3 is 2.43 bits per heavy atom. The van der Waals surface area contributed by atoms with Gasteiger partial charge in [0.2, 0.25) is 5.91 Å². The summed E-state index contributed by atoms with van der Waals surface area (Å²) in [6, 6.07) is 0. The molecule has 1 fully saturated rings. The predicted octanol–water partition coefficient (Wildman–Crippen LogP) is 2.61. The predicted molar refractivity (Wildman–Crippen MR) is 90.5 cm³/mol. The number of carbonyl (C=O) groups is 1. The standard InChI is InChI=1S/C14H26F3N3O.2ClH/c1-20(11-14(15,16)17)10-2-7-19-13(21)4-3-12-5-8-18-9-6-12;;/h12,18H,2-11H2,1H3,(H,19,21);2*1H. The van der Waals surface area contributed by atoms with Crippen molar-refractivity contribution >= 4 is 30.7 Å². The molecule has 0 unspecified atom stereocenters. The zero-order valence-electron chi connectivity index (χ0n) is 13.5. The van der Waals surface area contributed by atoms with E-state index < -0.39 is 12.7 Å². The van der Waals surface area contributed by atoms with Crippen molar-refractivity contribution in [1.29, 1.82) is 0 Å². The number of alkyl halides is 3. The van der Waals surface area contributed by atoms with Gasteiger partial charge in [-0.1, -0.05) is 0 Å². The Morgan fingerprint density at radius 2 is 1.87 bits per heavy atom. The van der Waals surface area contributed by atoms with Crippen molar-refractivity contribution in [2.24, 2.45) is 5.92 Å². The first kappa shape index (κ1) is 25.0. The molecule has 2 N–H and O–H groups in total. The van der Waals surface area contributed by atoms with Crippen LogP contribution in [0, 0.1) is 5.92 Å². The highest BCUT2D eigenvalue weighted by atomic mass is 35.5. The second kappa shape index (κ2) is 13.1. The Bertz CT molecular complexity index is 314. The Kier molecular flexibility index (Phi) is 14.2. The van der Waals surface area contributed by atoms with Crippen LogP contribution < -0.4 is 10.6 Å². The zero-order valence-corrected chi connectivity index (χ0v) is 15.1. The minimum atomic E-state index is -4.16. The molecule has 0 aromatic rings. The minimum Gasteiger partial charge on any atom is -0.356 e. The van der Waals surface area contributed by atoms with Crippen molar-refractivity contribution in [2.45, 2.75) is 38.3 Å². The summed E-state index contributed by atoms with van der Waals surface area (Å²) in [4.78, 5) is 12.9. The van der Waals surface area contributed by atoms with E-state index in [0.717, 1.165) is 32.4 Å². The quantitative estimate of drug-likeness (QED) is 0.635. The average molecular weight is 382 g/mol. The molecule has 0 saturated carbocycles. The van der Waals surface area contributed by atoms with E-state index in [-0.39, 0.29) is 30.7 Å². The molecule has 0 spiro atoms. The molecule has 1 rings (SSSR count). The van der Waals surface area contributed by atoms with E-state index in [4.69, 9.17) is 0 Å². The number of hydrogen-bond acceptors (Lipinski definition) is 3. The molecule has 4 nitrogen and oxygen atoms in total. The number of nitrogens with one attached hydrogen (secondary N) is 2. The number of amides is 1. The number of halogens is 5. The number of nitrogens with zero attached hydrogens (tertiary/aromatic N) is 1. The molecule has 0 atom stereocenters. The Morgan fingerprint density at radius 1 is 1.26 bits per heavy atom. The number of piperidine rings is 1. The topological polar surface area (TPSA) is 44.4 Å². The smallest absolute Gasteiger partial charge is 0.356 e. The van der Waals surface area contributed by atoms with E-state index >= 15 is 0 Å². The summed E-state index contributed by atoms with van der Waals surface area (Å²) >= 11 is 0. The maximum absolute atomic E-state index is 12.1. The van der Waals surface area contributed by atoms with Crippen LogP contribution >= 0.6 is 24.8 Å². The first-order chi connectivity index (χ1) is 9.87. The third-order valence-corrected chi connectivity index (χ3v) is 3.73. The molecule has 1 saturated heterocycles. The van der Waals surface area contributed by atoms with Crippen molar-refractivity contribution in [3.63, 3.8) is 0 Å². The van der Waals surface area contributed by atoms with Crippen LogP contribution in [0.5, 0.6) is 0 Å². The maximum Gasteiger partial charge on any atom is 0.401 e. The van der Waals surface area contributed by atoms with Crippen molar-refractivity contribution in [2.75, 3.05) is 39.8 Å². The Labute approximate surface area is 148 Å². The number of rotatable bonds is 8. The summed E-state index contributed by atoms with van der Waals surface area (Å²) in [5, 5.41) is 6.06. The van der Waals surface area contributed by atoms with Crippen LogP contribution in [-0.2, 0) is 4.79 Å². The van der Waals surface area contributed by atoms with Crippen LogP contribution in [0.2, 0.25) is 0 Å². The van der Waals surface area contributed by atoms with E-state index in [1.807, 2.05) is 0 Å². The van der Waals surface area contributed by atoms with E-state index in [1.54, 1.807) is 0 Å². The van der Waals surface area contributed by atoms with Gasteiger partial charge in [0.15, 0.2) is 0 Å². The third kappa shape index (κ3) is 13.9. The summed E-state index contributed by atoms with van der Waals surface area (Å²) in [7, 11) is 1.44. The first-order valence-electron chi connectivity index (χ1n) is 7.59. The molecule has 1 aliphatic heterocycles. The molecule has 0 aromatic carbocycles. The molecule has 1 aliphatic rings. The van der Waals surface area contributed by atoms with Gasteiger partial charge in [-0.05, 0) is 58.3 Å². The second-order valence-corrected chi connectivity index (χ2v) is 5.79. The van der Waals surface area contributed by atoms with Gasteiger partial charge in [-0.15, -0.1) is 24.8 Å². The van der Waals surface area contributed by atoms with Crippen LogP contribution in [0.4, 0.5) is 13.2 Å². The van der Waals surface area contributed by atoms with Gasteiger partial charge in [-0.2, -0.15) is 13.2 Å². The van der Waals surface area contributed by atoms with E-state index in [2.05, 4.69) is 10.6 Å². The van der Waals surface area contributed by atoms with Crippen molar-refractivity contribution < 1.29 is 18.0 Å². The lowest BCUT2D eigenvalue weighted by Crippen LogP contribution is -2.34. The number of carbonyl (C=O) groups excluding carboxylic acids is 1. The van der Waals surface area contributed by atoms with Gasteiger partial charge in [0.05, 0.1) is 6.54 Å². The van der Waals surface area contributed by atoms with Gasteiger partial charge in [0, 0.05) is 13.0 Å². The van der Waals surface area contributed by atoms with Crippen LogP contribution in [0.15, 0.2) is 0 Å². The van der Waals surface area contributed by atoms with Crippen LogP contribution in [0.1, 0.15) is 32.1 Å². The van der Waals surface area contributed by atoms with Crippen LogP contribution in [0.3, 0.4) is 0 Å². The molecule has 9 heteroatoms. The van der Waals surface area contributed by atoms with Crippen molar-refractivity contribution in [3.05, 3.63) is 0 Å². The lowest BCUT2D eigenvalue weighted by Gasteiger charge is -2.22. The lowest BCUT2D eigenvalue weighted by molar-refractivity contribution is -0.143. The lowest BCUT2D eigenvalue weighted by atomic mass is 9.93. The largest absolute Gasteiger partial charge is 0.401 e. The Balaban J connectivity index is 0. The summed E-state index contributed by atoms with van der Waals surface area (Å²) in [5.41, 5.74) is 0. The molecule has 1 heterocycles. The monoisotopic (exact) mass is 381 g/mol. The van der Waals surface area contributed by atoms with Gasteiger partial charge < -0.3 is 10.6 Å². The molecular weight excluding hydrogens is 354 g/mol. The van der Waals surface area contributed by atoms with E-state index in [1.165, 1.54) is 11.9 Å². The summed E-state index contributed by atoms with van der Waals surface area (Å²) in [5.74, 6) is 0.627. The molecule has 0 radical (unpaired) electrons. The molecular formula is C14H28Cl2F3N3O. The van der Waals surface area contributed by atoms with Crippen LogP contribution in [-0.4, -0.2) is 56.8 Å². The Hall–Kier alpha value is -0.240. The first-order valence-corrected chi connectivity index (χ1v) is 7.59. The van der Waals surface area contributed by atoms with Gasteiger partial charge in [-0.3, -0.25) is 9.69 Å². The summed E-state index contributed by atoms with van der Waals surface area (Å²) < 4.78 is 36.3. The fourth-order valence-corrected chi connectivity index (χ4v) is 2.56. The summed E-state index contributed by atoms with van der Waals surface area (Å²) in [6.07, 6.45) is 0.0358. The highest BCUT2D eigenvalue weighted by Crippen LogP contribution is 2.17. The normalized spacial score (nSPS) is 15.7. The highest BCUT2D eigenvalue weighted by molar-refractivity contribution is 5.85. The SMILES string of the molecule is CN(CCCNC(=O)CCC1CCNCC1)CC(F)(F)F.Cl.Cl. The van der Waals surface area contributed by atoms with E-state index in [9.17, 15) is 18.0 Å². The van der Waals surface area contributed by atoms with E-state index in [0.29, 0.717) is 31.8 Å². The number of hydrogen-bond donors (Lipinski definition) is 2. The molecule has 140 valence electrons. The fraction of sp³-hybridized carbons (Fsp3) is 0.929.